The van der Waals surface area contributed by atoms with Gasteiger partial charge < -0.3 is 18.9 Å². The van der Waals surface area contributed by atoms with Gasteiger partial charge in [0.25, 0.3) is 0 Å². The lowest BCUT2D eigenvalue weighted by molar-refractivity contribution is 0.263. The maximum absolute atomic E-state index is 5.40. The monoisotopic (exact) mass is 560 g/mol. The Labute approximate surface area is 250 Å². The van der Waals surface area contributed by atoms with Crippen molar-refractivity contribution in [2.45, 2.75) is 73.0 Å². The Morgan fingerprint density at radius 3 is 1.34 bits per heavy atom. The van der Waals surface area contributed by atoms with E-state index in [1.807, 2.05) is 60.7 Å². The van der Waals surface area contributed by atoms with Crippen LogP contribution in [0.1, 0.15) is 66.4 Å². The summed E-state index contributed by atoms with van der Waals surface area (Å²) in [6, 6.07) is 30.1. The molecule has 3 aromatic carbocycles. The lowest BCUT2D eigenvalue weighted by Gasteiger charge is -2.05. The average molecular weight is 561 g/mol. The first-order chi connectivity index (χ1) is 19.7. The van der Waals surface area contributed by atoms with Gasteiger partial charge in [0.1, 0.15) is 36.9 Å². The smallest absolute Gasteiger partial charge is 0.119 e. The quantitative estimate of drug-likeness (QED) is 0.270. The summed E-state index contributed by atoms with van der Waals surface area (Å²) in [5.41, 5.74) is 2.69. The molecule has 0 aromatic heterocycles. The van der Waals surface area contributed by atoms with Crippen LogP contribution in [0.3, 0.4) is 0 Å². The zero-order valence-electron chi connectivity index (χ0n) is 24.8. The van der Waals surface area contributed by atoms with Gasteiger partial charge in [0.15, 0.2) is 0 Å². The molecule has 4 nitrogen and oxygen atoms in total. The highest BCUT2D eigenvalue weighted by Crippen LogP contribution is 2.20. The van der Waals surface area contributed by atoms with Crippen LogP contribution in [-0.2, 0) is 9.47 Å². The Hall–Kier alpha value is -3.34. The predicted molar refractivity (Wildman–Crippen MR) is 175 cm³/mol. The fourth-order valence-corrected chi connectivity index (χ4v) is 3.20. The first kappa shape index (κ1) is 35.7. The molecule has 2 aliphatic heterocycles. The van der Waals surface area contributed by atoms with Crippen LogP contribution < -0.4 is 9.47 Å². The van der Waals surface area contributed by atoms with Gasteiger partial charge in [0.05, 0.1) is 13.2 Å². The first-order valence-electron chi connectivity index (χ1n) is 14.7. The molecule has 2 unspecified atom stereocenters. The van der Waals surface area contributed by atoms with Crippen molar-refractivity contribution in [3.8, 4) is 11.5 Å². The van der Waals surface area contributed by atoms with E-state index in [1.165, 1.54) is 36.8 Å². The molecule has 41 heavy (non-hydrogen) atoms. The van der Waals surface area contributed by atoms with Crippen molar-refractivity contribution in [1.29, 1.82) is 0 Å². The van der Waals surface area contributed by atoms with Gasteiger partial charge in [-0.15, -0.1) is 0 Å². The molecule has 0 radical (unpaired) electrons. The van der Waals surface area contributed by atoms with E-state index in [2.05, 4.69) is 76.3 Å². The van der Waals surface area contributed by atoms with E-state index in [1.54, 1.807) is 0 Å². The van der Waals surface area contributed by atoms with E-state index in [0.29, 0.717) is 25.4 Å². The normalized spacial score (nSPS) is 16.9. The van der Waals surface area contributed by atoms with Crippen LogP contribution in [0.2, 0.25) is 0 Å². The molecule has 4 heteroatoms. The third-order valence-corrected chi connectivity index (χ3v) is 5.27. The maximum Gasteiger partial charge on any atom is 0.119 e. The number of allylic oxidation sites excluding steroid dienone is 4. The number of rotatable bonds is 7. The van der Waals surface area contributed by atoms with Crippen molar-refractivity contribution in [2.75, 3.05) is 26.4 Å². The molecule has 2 atom stereocenters. The van der Waals surface area contributed by atoms with Gasteiger partial charge in [-0.3, -0.25) is 0 Å². The minimum Gasteiger partial charge on any atom is -0.491 e. The molecule has 0 bridgehead atoms. The molecular weight excluding hydrogens is 508 g/mol. The van der Waals surface area contributed by atoms with Gasteiger partial charge >= 0.3 is 0 Å². The Kier molecular flexibility index (Phi) is 20.3. The van der Waals surface area contributed by atoms with E-state index in [0.717, 1.165) is 24.7 Å². The number of ether oxygens (including phenoxy) is 4. The zero-order chi connectivity index (χ0) is 28.7. The fraction of sp³-hybridized carbons (Fsp3) is 0.405. The number of hydrogen-bond donors (Lipinski definition) is 0. The summed E-state index contributed by atoms with van der Waals surface area (Å²) in [5.74, 6) is 1.84. The zero-order valence-corrected chi connectivity index (χ0v) is 24.8. The average Bonchev–Trinajstić information content (AvgIpc) is 3.95. The summed E-state index contributed by atoms with van der Waals surface area (Å²) in [7, 11) is 0. The van der Waals surface area contributed by atoms with Crippen molar-refractivity contribution in [3.63, 3.8) is 0 Å². The topological polar surface area (TPSA) is 43.5 Å². The number of epoxide rings is 2. The van der Waals surface area contributed by atoms with Gasteiger partial charge in [-0.2, -0.15) is 0 Å². The lowest BCUT2D eigenvalue weighted by Crippen LogP contribution is -2.03. The van der Waals surface area contributed by atoms with Crippen molar-refractivity contribution in [3.05, 3.63) is 115 Å². The molecule has 6 rings (SSSR count). The highest BCUT2D eigenvalue weighted by atomic mass is 16.6. The van der Waals surface area contributed by atoms with Crippen LogP contribution >= 0.6 is 0 Å². The Bertz CT molecular complexity index is 987. The van der Waals surface area contributed by atoms with Gasteiger partial charge in [-0.05, 0) is 48.2 Å². The minimum atomic E-state index is 0. The van der Waals surface area contributed by atoms with Crippen molar-refractivity contribution in [1.82, 2.24) is 0 Å². The molecule has 0 spiro atoms. The van der Waals surface area contributed by atoms with Crippen LogP contribution in [0.5, 0.6) is 11.5 Å². The highest BCUT2D eigenvalue weighted by molar-refractivity contribution is 5.74. The molecule has 2 saturated heterocycles. The van der Waals surface area contributed by atoms with E-state index < -0.39 is 0 Å². The number of benzene rings is 3. The van der Waals surface area contributed by atoms with E-state index in [4.69, 9.17) is 18.9 Å². The third kappa shape index (κ3) is 18.6. The number of hydrogen-bond acceptors (Lipinski definition) is 4. The molecule has 2 heterocycles. The van der Waals surface area contributed by atoms with Crippen LogP contribution in [-0.4, -0.2) is 38.6 Å². The summed E-state index contributed by atoms with van der Waals surface area (Å²) < 4.78 is 20.8. The number of para-hydroxylation sites is 2. The predicted octanol–water partition coefficient (Wildman–Crippen LogP) is 9.82. The maximum atomic E-state index is 5.40. The second-order valence-corrected chi connectivity index (χ2v) is 9.58. The standard InChI is InChI=1S/C12H12.2C9H10O2.2C3H8.CH4/c1-3-7-11(8-4-1)12-9-5-2-6-10-12;2*1-2-4-8(5-3-1)10-6-9-7-11-9;2*1-3-2;/h1,3-5,7-10H,2,6H2;2*1-5,9H,6-7H2;2*3H2,1-2H3;1H4. The second-order valence-electron chi connectivity index (χ2n) is 9.58. The SMILES string of the molecule is C.C1=CC(c2ccccc2)=CCC1.CCC.CCC.c1ccc(OCC2CO2)cc1.c1ccc(OCC2CO2)cc1. The van der Waals surface area contributed by atoms with Crippen molar-refractivity contribution in [2.24, 2.45) is 0 Å². The van der Waals surface area contributed by atoms with Gasteiger partial charge in [-0.1, -0.05) is 133 Å². The van der Waals surface area contributed by atoms with Gasteiger partial charge in [0, 0.05) is 0 Å². The molecule has 224 valence electrons. The highest BCUT2D eigenvalue weighted by Gasteiger charge is 2.23. The van der Waals surface area contributed by atoms with Gasteiger partial charge in [0.2, 0.25) is 0 Å². The first-order valence-corrected chi connectivity index (χ1v) is 14.7. The lowest BCUT2D eigenvalue weighted by atomic mass is 10.00. The molecule has 3 aliphatic rings. The fourth-order valence-electron chi connectivity index (χ4n) is 3.20. The third-order valence-electron chi connectivity index (χ3n) is 5.27. The summed E-state index contributed by atoms with van der Waals surface area (Å²) in [5, 5.41) is 0. The van der Waals surface area contributed by atoms with Crippen LogP contribution in [0.4, 0.5) is 0 Å². The van der Waals surface area contributed by atoms with E-state index in [9.17, 15) is 0 Å². The van der Waals surface area contributed by atoms with E-state index in [-0.39, 0.29) is 7.43 Å². The molecule has 0 saturated carbocycles. The summed E-state index contributed by atoms with van der Waals surface area (Å²) in [6.45, 7) is 11.6. The summed E-state index contributed by atoms with van der Waals surface area (Å²) in [4.78, 5) is 0. The molecule has 2 fully saturated rings. The molecule has 0 amide bonds. The Morgan fingerprint density at radius 2 is 1.00 bits per heavy atom. The van der Waals surface area contributed by atoms with Gasteiger partial charge in [-0.25, -0.2) is 0 Å². The Morgan fingerprint density at radius 1 is 0.610 bits per heavy atom. The van der Waals surface area contributed by atoms with E-state index >= 15 is 0 Å². The van der Waals surface area contributed by atoms with Crippen molar-refractivity contribution >= 4 is 5.57 Å². The minimum absolute atomic E-state index is 0. The van der Waals surface area contributed by atoms with Crippen LogP contribution in [0, 0.1) is 0 Å². The largest absolute Gasteiger partial charge is 0.491 e. The molecular formula is C37H52O4. The molecule has 3 aromatic rings. The second kappa shape index (κ2) is 23.4. The van der Waals surface area contributed by atoms with Crippen molar-refractivity contribution < 1.29 is 18.9 Å². The summed E-state index contributed by atoms with van der Waals surface area (Å²) in [6.07, 6.45) is 12.3. The molecule has 1 aliphatic carbocycles. The summed E-state index contributed by atoms with van der Waals surface area (Å²) >= 11 is 0. The van der Waals surface area contributed by atoms with Crippen LogP contribution in [0.25, 0.3) is 5.57 Å². The Balaban J connectivity index is 0.000000277. The molecule has 0 N–H and O–H groups in total. The van der Waals surface area contributed by atoms with Crippen LogP contribution in [0.15, 0.2) is 109 Å².